The van der Waals surface area contributed by atoms with Crippen LogP contribution in [0.1, 0.15) is 40.0 Å². The Hall–Kier alpha value is -0.220. The number of amides is 1. The molecule has 0 aliphatic heterocycles. The molecule has 0 radical (unpaired) electrons. The van der Waals surface area contributed by atoms with Crippen LogP contribution in [0, 0.1) is 11.3 Å². The fraction of sp³-hybridized carbons (Fsp3) is 0.923. The lowest BCUT2D eigenvalue weighted by molar-refractivity contribution is -0.128. The highest BCUT2D eigenvalue weighted by Crippen LogP contribution is 2.42. The van der Waals surface area contributed by atoms with Crippen molar-refractivity contribution < 1.29 is 9.90 Å². The molecule has 4 heteroatoms. The van der Waals surface area contributed by atoms with Crippen LogP contribution in [0.25, 0.3) is 0 Å². The largest absolute Gasteiger partial charge is 0.395 e. The summed E-state index contributed by atoms with van der Waals surface area (Å²) in [7, 11) is 0. The first kappa shape index (κ1) is 14.8. The normalized spacial score (nSPS) is 26.5. The van der Waals surface area contributed by atoms with Gasteiger partial charge in [0.2, 0.25) is 5.91 Å². The third kappa shape index (κ3) is 3.62. The molecule has 3 atom stereocenters. The quantitative estimate of drug-likeness (QED) is 0.794. The average Bonchev–Trinajstić information content (AvgIpc) is 2.59. The molecule has 0 heterocycles. The Morgan fingerprint density at radius 3 is 2.65 bits per heavy atom. The second kappa shape index (κ2) is 6.10. The van der Waals surface area contributed by atoms with Crippen molar-refractivity contribution in [2.45, 2.75) is 51.3 Å². The van der Waals surface area contributed by atoms with Crippen molar-refractivity contribution in [1.29, 1.82) is 0 Å². The van der Waals surface area contributed by atoms with Gasteiger partial charge in [-0.25, -0.2) is 0 Å². The van der Waals surface area contributed by atoms with Crippen molar-refractivity contribution in [3.63, 3.8) is 0 Å². The highest BCUT2D eigenvalue weighted by molar-refractivity contribution is 7.99. The summed E-state index contributed by atoms with van der Waals surface area (Å²) in [6.45, 7) is 6.42. The van der Waals surface area contributed by atoms with Gasteiger partial charge in [-0.15, -0.1) is 0 Å². The minimum atomic E-state index is 0.0268. The second-order valence-corrected chi connectivity index (χ2v) is 6.76. The Morgan fingerprint density at radius 1 is 1.59 bits per heavy atom. The van der Waals surface area contributed by atoms with Crippen molar-refractivity contribution in [3.8, 4) is 0 Å². The monoisotopic (exact) mass is 259 g/mol. The summed E-state index contributed by atoms with van der Waals surface area (Å²) in [6, 6.07) is 0.0268. The molecule has 0 aromatic rings. The van der Waals surface area contributed by atoms with E-state index in [1.54, 1.807) is 11.8 Å². The molecule has 100 valence electrons. The van der Waals surface area contributed by atoms with Crippen LogP contribution in [0.4, 0.5) is 0 Å². The first-order valence-electron chi connectivity index (χ1n) is 6.36. The third-order valence-corrected chi connectivity index (χ3v) is 5.15. The van der Waals surface area contributed by atoms with Crippen LogP contribution in [-0.4, -0.2) is 35.2 Å². The van der Waals surface area contributed by atoms with Gasteiger partial charge in [0, 0.05) is 17.2 Å². The van der Waals surface area contributed by atoms with Gasteiger partial charge in [-0.05, 0) is 31.4 Å². The Morgan fingerprint density at radius 2 is 2.24 bits per heavy atom. The van der Waals surface area contributed by atoms with Gasteiger partial charge in [-0.1, -0.05) is 20.3 Å². The summed E-state index contributed by atoms with van der Waals surface area (Å²) in [4.78, 5) is 12.2. The van der Waals surface area contributed by atoms with Gasteiger partial charge in [-0.3, -0.25) is 4.79 Å². The number of nitrogens with one attached hydrogen (secondary N) is 1. The Labute approximate surface area is 109 Å². The molecular formula is C13H25NO2S. The van der Waals surface area contributed by atoms with E-state index in [1.165, 1.54) is 0 Å². The number of carbonyl (C=O) groups excluding carboxylic acids is 1. The van der Waals surface area contributed by atoms with E-state index >= 15 is 0 Å². The molecule has 0 aromatic carbocycles. The summed E-state index contributed by atoms with van der Waals surface area (Å²) >= 11 is 1.60. The second-order valence-electron chi connectivity index (χ2n) is 5.69. The molecule has 0 saturated heterocycles. The van der Waals surface area contributed by atoms with Gasteiger partial charge >= 0.3 is 0 Å². The maximum atomic E-state index is 12.2. The van der Waals surface area contributed by atoms with E-state index in [9.17, 15) is 9.90 Å². The standard InChI is InChI=1S/C13H25NO2S/c1-9(11(8-15)17-4)14-12(16)10-6-5-7-13(10,2)3/h9-11,15H,5-8H2,1-4H3,(H,14,16). The topological polar surface area (TPSA) is 49.3 Å². The lowest BCUT2D eigenvalue weighted by Crippen LogP contribution is -2.45. The van der Waals surface area contributed by atoms with Gasteiger partial charge in [0.1, 0.15) is 0 Å². The molecule has 0 aromatic heterocycles. The van der Waals surface area contributed by atoms with Crippen LogP contribution >= 0.6 is 11.8 Å². The van der Waals surface area contributed by atoms with Crippen molar-refractivity contribution in [2.75, 3.05) is 12.9 Å². The van der Waals surface area contributed by atoms with Gasteiger partial charge in [-0.2, -0.15) is 11.8 Å². The lowest BCUT2D eigenvalue weighted by Gasteiger charge is -2.29. The van der Waals surface area contributed by atoms with Crippen LogP contribution < -0.4 is 5.32 Å². The molecule has 1 amide bonds. The molecule has 1 fully saturated rings. The number of thioether (sulfide) groups is 1. The van der Waals surface area contributed by atoms with E-state index in [4.69, 9.17) is 0 Å². The summed E-state index contributed by atoms with van der Waals surface area (Å²) in [6.07, 6.45) is 5.23. The number of hydrogen-bond donors (Lipinski definition) is 2. The Balaban J connectivity index is 2.54. The average molecular weight is 259 g/mol. The first-order valence-corrected chi connectivity index (χ1v) is 7.65. The van der Waals surface area contributed by atoms with Gasteiger partial charge in [0.15, 0.2) is 0 Å². The van der Waals surface area contributed by atoms with Crippen LogP contribution in [0.2, 0.25) is 0 Å². The zero-order valence-electron chi connectivity index (χ0n) is 11.3. The molecule has 1 aliphatic rings. The molecule has 3 nitrogen and oxygen atoms in total. The number of rotatable bonds is 5. The maximum absolute atomic E-state index is 12.2. The lowest BCUT2D eigenvalue weighted by atomic mass is 9.81. The minimum Gasteiger partial charge on any atom is -0.395 e. The Kier molecular flexibility index (Phi) is 5.32. The van der Waals surface area contributed by atoms with E-state index in [0.29, 0.717) is 0 Å². The highest BCUT2D eigenvalue weighted by Gasteiger charge is 2.39. The fourth-order valence-electron chi connectivity index (χ4n) is 2.67. The Bertz CT molecular complexity index is 264. The van der Waals surface area contributed by atoms with Gasteiger partial charge in [0.05, 0.1) is 6.61 Å². The summed E-state index contributed by atoms with van der Waals surface area (Å²) in [5.74, 6) is 0.290. The van der Waals surface area contributed by atoms with Crippen molar-refractivity contribution >= 4 is 17.7 Å². The van der Waals surface area contributed by atoms with Crippen LogP contribution in [0.15, 0.2) is 0 Å². The molecular weight excluding hydrogens is 234 g/mol. The maximum Gasteiger partial charge on any atom is 0.223 e. The van der Waals surface area contributed by atoms with E-state index in [-0.39, 0.29) is 35.1 Å². The van der Waals surface area contributed by atoms with Crippen LogP contribution in [0.3, 0.4) is 0 Å². The summed E-state index contributed by atoms with van der Waals surface area (Å²) in [5, 5.41) is 12.4. The van der Waals surface area contributed by atoms with E-state index in [0.717, 1.165) is 19.3 Å². The molecule has 0 spiro atoms. The number of aliphatic hydroxyl groups is 1. The molecule has 17 heavy (non-hydrogen) atoms. The predicted molar refractivity (Wildman–Crippen MR) is 73.1 cm³/mol. The smallest absolute Gasteiger partial charge is 0.223 e. The van der Waals surface area contributed by atoms with E-state index in [2.05, 4.69) is 19.2 Å². The predicted octanol–water partition coefficient (Wildman–Crippen LogP) is 2.04. The third-order valence-electron chi connectivity index (χ3n) is 3.98. The van der Waals surface area contributed by atoms with Crippen molar-refractivity contribution in [1.82, 2.24) is 5.32 Å². The van der Waals surface area contributed by atoms with Gasteiger partial charge in [0.25, 0.3) is 0 Å². The van der Waals surface area contributed by atoms with Crippen LogP contribution in [-0.2, 0) is 4.79 Å². The van der Waals surface area contributed by atoms with Gasteiger partial charge < -0.3 is 10.4 Å². The summed E-state index contributed by atoms with van der Waals surface area (Å²) in [5.41, 5.74) is 0.123. The molecule has 3 unspecified atom stereocenters. The molecule has 1 aliphatic carbocycles. The molecule has 1 rings (SSSR count). The first-order chi connectivity index (χ1) is 7.92. The fourth-order valence-corrected chi connectivity index (χ4v) is 3.29. The van der Waals surface area contributed by atoms with E-state index < -0.39 is 0 Å². The number of aliphatic hydroxyl groups excluding tert-OH is 1. The minimum absolute atomic E-state index is 0.0268. The van der Waals surface area contributed by atoms with Crippen molar-refractivity contribution in [2.24, 2.45) is 11.3 Å². The summed E-state index contributed by atoms with van der Waals surface area (Å²) < 4.78 is 0. The molecule has 2 N–H and O–H groups in total. The zero-order valence-corrected chi connectivity index (χ0v) is 12.1. The molecule has 0 bridgehead atoms. The number of carbonyl (C=O) groups is 1. The molecule has 1 saturated carbocycles. The SMILES string of the molecule is CSC(CO)C(C)NC(=O)C1CCCC1(C)C. The zero-order chi connectivity index (χ0) is 13.1. The highest BCUT2D eigenvalue weighted by atomic mass is 32.2. The number of hydrogen-bond acceptors (Lipinski definition) is 3. The van der Waals surface area contributed by atoms with Crippen molar-refractivity contribution in [3.05, 3.63) is 0 Å². The van der Waals surface area contributed by atoms with E-state index in [1.807, 2.05) is 13.2 Å². The van der Waals surface area contributed by atoms with Crippen LogP contribution in [0.5, 0.6) is 0 Å².